The molecule has 0 radical (unpaired) electrons. The van der Waals surface area contributed by atoms with E-state index in [0.717, 1.165) is 83.8 Å². The molecule has 37 heavy (non-hydrogen) atoms. The first-order chi connectivity index (χ1) is 18.2. The van der Waals surface area contributed by atoms with Gasteiger partial charge >= 0.3 is 5.97 Å². The van der Waals surface area contributed by atoms with Gasteiger partial charge in [-0.25, -0.2) is 0 Å². The largest absolute Gasteiger partial charge is 0.465 e. The van der Waals surface area contributed by atoms with Crippen molar-refractivity contribution < 1.29 is 19.7 Å². The lowest BCUT2D eigenvalue weighted by atomic mass is 9.94. The summed E-state index contributed by atoms with van der Waals surface area (Å²) in [5.74, 6) is 0.161. The Hall–Kier alpha value is -0.650. The molecule has 0 saturated carbocycles. The van der Waals surface area contributed by atoms with Crippen LogP contribution in [0.25, 0.3) is 0 Å². The van der Waals surface area contributed by atoms with Crippen molar-refractivity contribution in [3.8, 4) is 0 Å². The predicted molar refractivity (Wildman–Crippen MR) is 158 cm³/mol. The van der Waals surface area contributed by atoms with Gasteiger partial charge in [-0.3, -0.25) is 4.79 Å². The Morgan fingerprint density at radius 3 is 1.54 bits per heavy atom. The van der Waals surface area contributed by atoms with Crippen molar-refractivity contribution in [1.82, 2.24) is 4.90 Å². The molecule has 0 aliphatic carbocycles. The highest BCUT2D eigenvalue weighted by Gasteiger charge is 2.19. The second kappa shape index (κ2) is 29.9. The standard InChI is InChI=1S/C32H65NO4/c1-3-5-7-9-10-16-24-31(23-15-8-6-4-2)32(36)37-30-22-14-12-18-26-33(27-19-21-29-35)25-17-11-13-20-28-34/h31,34-35H,3-30H2,1-2H3. The number of carbonyl (C=O) groups is 1. The van der Waals surface area contributed by atoms with Gasteiger partial charge in [-0.15, -0.1) is 0 Å². The lowest BCUT2D eigenvalue weighted by Gasteiger charge is -2.22. The van der Waals surface area contributed by atoms with Gasteiger partial charge in [0.05, 0.1) is 12.5 Å². The third kappa shape index (κ3) is 25.4. The van der Waals surface area contributed by atoms with E-state index in [1.54, 1.807) is 0 Å². The summed E-state index contributed by atoms with van der Waals surface area (Å²) >= 11 is 0. The second-order valence-electron chi connectivity index (χ2n) is 11.1. The molecule has 0 heterocycles. The van der Waals surface area contributed by atoms with E-state index < -0.39 is 0 Å². The zero-order chi connectivity index (χ0) is 27.2. The van der Waals surface area contributed by atoms with Gasteiger partial charge in [-0.2, -0.15) is 0 Å². The first-order valence-corrected chi connectivity index (χ1v) is 16.3. The van der Waals surface area contributed by atoms with Crippen LogP contribution in [0.5, 0.6) is 0 Å². The third-order valence-electron chi connectivity index (χ3n) is 7.52. The number of nitrogens with zero attached hydrogens (tertiary/aromatic N) is 1. The van der Waals surface area contributed by atoms with Crippen molar-refractivity contribution in [1.29, 1.82) is 0 Å². The van der Waals surface area contributed by atoms with E-state index in [-0.39, 0.29) is 18.5 Å². The Morgan fingerprint density at radius 2 is 0.973 bits per heavy atom. The van der Waals surface area contributed by atoms with Gasteiger partial charge < -0.3 is 19.8 Å². The van der Waals surface area contributed by atoms with E-state index in [1.165, 1.54) is 77.0 Å². The smallest absolute Gasteiger partial charge is 0.308 e. The summed E-state index contributed by atoms with van der Waals surface area (Å²) in [6.07, 6.45) is 25.3. The van der Waals surface area contributed by atoms with E-state index in [2.05, 4.69) is 18.7 Å². The molecular formula is C32H65NO4. The van der Waals surface area contributed by atoms with Crippen LogP contribution in [0.1, 0.15) is 155 Å². The van der Waals surface area contributed by atoms with Crippen LogP contribution in [-0.4, -0.2) is 60.5 Å². The van der Waals surface area contributed by atoms with Gasteiger partial charge in [-0.1, -0.05) is 104 Å². The normalized spacial score (nSPS) is 12.4. The molecule has 0 bridgehead atoms. The maximum atomic E-state index is 12.8. The first kappa shape index (κ1) is 36.4. The molecule has 0 aromatic heterocycles. The Kier molecular flexibility index (Phi) is 29.4. The number of unbranched alkanes of at least 4 members (excludes halogenated alkanes) is 15. The molecule has 222 valence electrons. The van der Waals surface area contributed by atoms with Crippen LogP contribution in [0.15, 0.2) is 0 Å². The molecule has 0 aromatic carbocycles. The fraction of sp³-hybridized carbons (Fsp3) is 0.969. The molecule has 1 atom stereocenters. The highest BCUT2D eigenvalue weighted by molar-refractivity contribution is 5.72. The molecule has 5 nitrogen and oxygen atoms in total. The van der Waals surface area contributed by atoms with Gasteiger partial charge in [0.25, 0.3) is 0 Å². The highest BCUT2D eigenvalue weighted by atomic mass is 16.5. The number of hydrogen-bond acceptors (Lipinski definition) is 5. The van der Waals surface area contributed by atoms with Crippen LogP contribution in [0.4, 0.5) is 0 Å². The SMILES string of the molecule is CCCCCCCCC(CCCCCC)C(=O)OCCCCCCN(CCCCO)CCCCCCO. The minimum atomic E-state index is 0.0568. The van der Waals surface area contributed by atoms with E-state index in [0.29, 0.717) is 13.2 Å². The lowest BCUT2D eigenvalue weighted by molar-refractivity contribution is -0.149. The molecule has 0 spiro atoms. The molecule has 1 unspecified atom stereocenters. The van der Waals surface area contributed by atoms with Crippen molar-refractivity contribution in [2.75, 3.05) is 39.5 Å². The molecule has 0 aliphatic rings. The minimum Gasteiger partial charge on any atom is -0.465 e. The summed E-state index contributed by atoms with van der Waals surface area (Å²) in [6, 6.07) is 0. The number of aliphatic hydroxyl groups excluding tert-OH is 2. The molecule has 0 amide bonds. The van der Waals surface area contributed by atoms with E-state index in [4.69, 9.17) is 14.9 Å². The Bertz CT molecular complexity index is 460. The molecule has 2 N–H and O–H groups in total. The predicted octanol–water partition coefficient (Wildman–Crippen LogP) is 8.05. The van der Waals surface area contributed by atoms with Crippen molar-refractivity contribution >= 4 is 5.97 Å². The molecule has 0 saturated heterocycles. The number of hydrogen-bond donors (Lipinski definition) is 2. The maximum Gasteiger partial charge on any atom is 0.308 e. The minimum absolute atomic E-state index is 0.0568. The average molecular weight is 528 g/mol. The summed E-state index contributed by atoms with van der Waals surface area (Å²) in [4.78, 5) is 15.3. The van der Waals surface area contributed by atoms with Gasteiger partial charge in [-0.05, 0) is 71.0 Å². The van der Waals surface area contributed by atoms with Crippen LogP contribution in [0, 0.1) is 5.92 Å². The number of esters is 1. The van der Waals surface area contributed by atoms with E-state index in [1.807, 2.05) is 0 Å². The summed E-state index contributed by atoms with van der Waals surface area (Å²) in [5, 5.41) is 18.0. The molecule has 5 heteroatoms. The molecule has 0 aromatic rings. The summed E-state index contributed by atoms with van der Waals surface area (Å²) in [7, 11) is 0. The second-order valence-corrected chi connectivity index (χ2v) is 11.1. The fourth-order valence-electron chi connectivity index (χ4n) is 5.03. The monoisotopic (exact) mass is 527 g/mol. The first-order valence-electron chi connectivity index (χ1n) is 16.3. The number of ether oxygens (including phenoxy) is 1. The van der Waals surface area contributed by atoms with Crippen molar-refractivity contribution in [3.63, 3.8) is 0 Å². The summed E-state index contributed by atoms with van der Waals surface area (Å²) in [5.41, 5.74) is 0. The fourth-order valence-corrected chi connectivity index (χ4v) is 5.03. The number of rotatable bonds is 30. The number of aliphatic hydroxyl groups is 2. The molecule has 0 aliphatic heterocycles. The maximum absolute atomic E-state index is 12.8. The van der Waals surface area contributed by atoms with Gasteiger partial charge in [0, 0.05) is 13.2 Å². The van der Waals surface area contributed by atoms with E-state index >= 15 is 0 Å². The highest BCUT2D eigenvalue weighted by Crippen LogP contribution is 2.20. The molecule has 0 fully saturated rings. The molecular weight excluding hydrogens is 462 g/mol. The van der Waals surface area contributed by atoms with Gasteiger partial charge in [0.2, 0.25) is 0 Å². The Balaban J connectivity index is 4.13. The van der Waals surface area contributed by atoms with Gasteiger partial charge in [0.1, 0.15) is 0 Å². The Labute approximate surface area is 231 Å². The van der Waals surface area contributed by atoms with Crippen molar-refractivity contribution in [3.05, 3.63) is 0 Å². The van der Waals surface area contributed by atoms with Crippen LogP contribution in [0.3, 0.4) is 0 Å². The topological polar surface area (TPSA) is 70.0 Å². The summed E-state index contributed by atoms with van der Waals surface area (Å²) in [6.45, 7) is 8.94. The lowest BCUT2D eigenvalue weighted by Crippen LogP contribution is -2.27. The van der Waals surface area contributed by atoms with Crippen LogP contribution in [0.2, 0.25) is 0 Å². The number of carbonyl (C=O) groups excluding carboxylic acids is 1. The zero-order valence-electron chi connectivity index (χ0n) is 25.0. The summed E-state index contributed by atoms with van der Waals surface area (Å²) < 4.78 is 5.74. The quantitative estimate of drug-likeness (QED) is 0.0730. The van der Waals surface area contributed by atoms with E-state index in [9.17, 15) is 4.79 Å². The third-order valence-corrected chi connectivity index (χ3v) is 7.52. The van der Waals surface area contributed by atoms with Gasteiger partial charge in [0.15, 0.2) is 0 Å². The average Bonchev–Trinajstić information content (AvgIpc) is 2.90. The van der Waals surface area contributed by atoms with Crippen molar-refractivity contribution in [2.45, 2.75) is 155 Å². The zero-order valence-corrected chi connectivity index (χ0v) is 25.0. The van der Waals surface area contributed by atoms with Crippen LogP contribution >= 0.6 is 0 Å². The molecule has 0 rings (SSSR count). The van der Waals surface area contributed by atoms with Crippen molar-refractivity contribution in [2.24, 2.45) is 5.92 Å². The van der Waals surface area contributed by atoms with Crippen LogP contribution < -0.4 is 0 Å². The Morgan fingerprint density at radius 1 is 0.568 bits per heavy atom. The van der Waals surface area contributed by atoms with Crippen LogP contribution in [-0.2, 0) is 9.53 Å².